The van der Waals surface area contributed by atoms with Crippen LogP contribution in [0.3, 0.4) is 0 Å². The Morgan fingerprint density at radius 3 is 2.39 bits per heavy atom. The second kappa shape index (κ2) is 8.72. The van der Waals surface area contributed by atoms with Crippen LogP contribution in [0.15, 0.2) is 54.6 Å². The number of benzene rings is 2. The van der Waals surface area contributed by atoms with Gasteiger partial charge in [0.15, 0.2) is 5.72 Å². The molecule has 0 aliphatic carbocycles. The van der Waals surface area contributed by atoms with Crippen molar-refractivity contribution in [2.45, 2.75) is 18.1 Å². The molecule has 150 valence electrons. The van der Waals surface area contributed by atoms with Crippen molar-refractivity contribution in [3.63, 3.8) is 0 Å². The molecule has 5 heteroatoms. The molecular weight excluding hydrogens is 352 g/mol. The molecule has 2 aromatic carbocycles. The predicted octanol–water partition coefficient (Wildman–Crippen LogP) is 3.02. The summed E-state index contributed by atoms with van der Waals surface area (Å²) in [5, 5.41) is 2.04. The molecule has 2 aliphatic heterocycles. The Bertz CT molecular complexity index is 763. The summed E-state index contributed by atoms with van der Waals surface area (Å²) in [5.41, 5.74) is 3.12. The minimum Gasteiger partial charge on any atom is -0.379 e. The Kier molecular flexibility index (Phi) is 6.09. The predicted molar refractivity (Wildman–Crippen MR) is 109 cm³/mol. The Labute approximate surface area is 167 Å². The second-order valence-electron chi connectivity index (χ2n) is 7.47. The topological polar surface area (TPSA) is 34.2 Å². The molecule has 0 bridgehead atoms. The molecule has 2 atom stereocenters. The highest BCUT2D eigenvalue weighted by Crippen LogP contribution is 2.47. The van der Waals surface area contributed by atoms with Gasteiger partial charge in [-0.05, 0) is 17.5 Å². The van der Waals surface area contributed by atoms with Gasteiger partial charge in [0.05, 0.1) is 20.3 Å². The molecule has 0 aromatic heterocycles. The van der Waals surface area contributed by atoms with Crippen molar-refractivity contribution in [1.82, 2.24) is 9.96 Å². The normalized spacial score (nSPS) is 24.6. The van der Waals surface area contributed by atoms with Crippen molar-refractivity contribution in [2.75, 3.05) is 53.6 Å². The molecule has 0 saturated carbocycles. The van der Waals surface area contributed by atoms with Crippen molar-refractivity contribution in [2.24, 2.45) is 0 Å². The Hall–Kier alpha value is -1.76. The van der Waals surface area contributed by atoms with E-state index in [2.05, 4.69) is 59.5 Å². The number of ether oxygens (including phenoxy) is 2. The van der Waals surface area contributed by atoms with E-state index < -0.39 is 5.72 Å². The van der Waals surface area contributed by atoms with E-state index in [1.54, 1.807) is 7.11 Å². The number of morpholine rings is 1. The molecule has 0 N–H and O–H groups in total. The number of methoxy groups -OCH3 is 1. The standard InChI is InChI=1S/C23H30N2O3/c1-26-23(21-11-7-6-10-20(21)12-13-25(23)27-2)22(19-8-4-3-5-9-19)18-24-14-16-28-17-15-24/h3-11,22H,12-18H2,1-2H3. The average molecular weight is 383 g/mol. The summed E-state index contributed by atoms with van der Waals surface area (Å²) < 4.78 is 12.0. The summed E-state index contributed by atoms with van der Waals surface area (Å²) >= 11 is 0. The van der Waals surface area contributed by atoms with Crippen LogP contribution < -0.4 is 0 Å². The van der Waals surface area contributed by atoms with Gasteiger partial charge in [-0.1, -0.05) is 54.6 Å². The smallest absolute Gasteiger partial charge is 0.177 e. The van der Waals surface area contributed by atoms with Gasteiger partial charge in [-0.25, -0.2) is 0 Å². The molecule has 1 fully saturated rings. The molecule has 2 aromatic rings. The van der Waals surface area contributed by atoms with Gasteiger partial charge in [0.2, 0.25) is 0 Å². The maximum atomic E-state index is 6.41. The first-order chi connectivity index (χ1) is 13.8. The van der Waals surface area contributed by atoms with Gasteiger partial charge in [0.1, 0.15) is 0 Å². The molecule has 2 heterocycles. The summed E-state index contributed by atoms with van der Waals surface area (Å²) in [6.45, 7) is 5.14. The van der Waals surface area contributed by atoms with Crippen LogP contribution >= 0.6 is 0 Å². The van der Waals surface area contributed by atoms with Gasteiger partial charge in [0, 0.05) is 44.8 Å². The summed E-state index contributed by atoms with van der Waals surface area (Å²) in [6.07, 6.45) is 0.953. The largest absolute Gasteiger partial charge is 0.379 e. The van der Waals surface area contributed by atoms with Gasteiger partial charge < -0.3 is 9.47 Å². The van der Waals surface area contributed by atoms with E-state index in [0.717, 1.165) is 45.8 Å². The number of nitrogens with zero attached hydrogens (tertiary/aromatic N) is 2. The maximum Gasteiger partial charge on any atom is 0.177 e. The lowest BCUT2D eigenvalue weighted by molar-refractivity contribution is -0.313. The molecule has 0 amide bonds. The fraction of sp³-hybridized carbons (Fsp3) is 0.478. The zero-order valence-electron chi connectivity index (χ0n) is 16.8. The number of hydroxylamine groups is 2. The highest BCUT2D eigenvalue weighted by atomic mass is 16.7. The van der Waals surface area contributed by atoms with Crippen LogP contribution in [0.5, 0.6) is 0 Å². The lowest BCUT2D eigenvalue weighted by Crippen LogP contribution is -2.57. The lowest BCUT2D eigenvalue weighted by Gasteiger charge is -2.51. The van der Waals surface area contributed by atoms with Gasteiger partial charge in [-0.2, -0.15) is 5.06 Å². The van der Waals surface area contributed by atoms with Crippen LogP contribution in [0, 0.1) is 0 Å². The fourth-order valence-electron chi connectivity index (χ4n) is 4.73. The molecule has 0 spiro atoms. The lowest BCUT2D eigenvalue weighted by atomic mass is 9.78. The van der Waals surface area contributed by atoms with Crippen LogP contribution in [0.25, 0.3) is 0 Å². The van der Waals surface area contributed by atoms with E-state index in [9.17, 15) is 0 Å². The van der Waals surface area contributed by atoms with Gasteiger partial charge in [-0.15, -0.1) is 0 Å². The van der Waals surface area contributed by atoms with E-state index in [-0.39, 0.29) is 5.92 Å². The van der Waals surface area contributed by atoms with Gasteiger partial charge >= 0.3 is 0 Å². The Balaban J connectivity index is 1.83. The van der Waals surface area contributed by atoms with Crippen molar-refractivity contribution in [3.8, 4) is 0 Å². The Morgan fingerprint density at radius 1 is 0.964 bits per heavy atom. The van der Waals surface area contributed by atoms with E-state index in [0.29, 0.717) is 0 Å². The van der Waals surface area contributed by atoms with Crippen LogP contribution in [0.4, 0.5) is 0 Å². The number of rotatable bonds is 6. The summed E-state index contributed by atoms with van der Waals surface area (Å²) in [5.74, 6) is 0.0956. The third kappa shape index (κ3) is 3.49. The molecule has 5 nitrogen and oxygen atoms in total. The van der Waals surface area contributed by atoms with E-state index in [1.807, 2.05) is 12.2 Å². The van der Waals surface area contributed by atoms with Crippen LogP contribution in [-0.4, -0.2) is 63.6 Å². The highest BCUT2D eigenvalue weighted by Gasteiger charge is 2.51. The molecule has 0 radical (unpaired) electrons. The number of fused-ring (bicyclic) bond motifs is 1. The summed E-state index contributed by atoms with van der Waals surface area (Å²) in [6, 6.07) is 19.3. The first-order valence-electron chi connectivity index (χ1n) is 10.1. The molecular formula is C23H30N2O3. The first kappa shape index (κ1) is 19.6. The van der Waals surface area contributed by atoms with Crippen LogP contribution in [0.1, 0.15) is 22.6 Å². The quantitative estimate of drug-likeness (QED) is 0.767. The van der Waals surface area contributed by atoms with Crippen molar-refractivity contribution in [3.05, 3.63) is 71.3 Å². The number of hydrogen-bond donors (Lipinski definition) is 0. The van der Waals surface area contributed by atoms with Crippen LogP contribution in [-0.2, 0) is 26.5 Å². The fourth-order valence-corrected chi connectivity index (χ4v) is 4.73. The maximum absolute atomic E-state index is 6.41. The van der Waals surface area contributed by atoms with Crippen LogP contribution in [0.2, 0.25) is 0 Å². The molecule has 28 heavy (non-hydrogen) atoms. The van der Waals surface area contributed by atoms with Gasteiger partial charge in [-0.3, -0.25) is 9.74 Å². The third-order valence-electron chi connectivity index (χ3n) is 6.11. The van der Waals surface area contributed by atoms with E-state index >= 15 is 0 Å². The third-order valence-corrected chi connectivity index (χ3v) is 6.11. The highest BCUT2D eigenvalue weighted by molar-refractivity contribution is 5.39. The molecule has 2 unspecified atom stereocenters. The van der Waals surface area contributed by atoms with Gasteiger partial charge in [0.25, 0.3) is 0 Å². The SMILES string of the molecule is CON1CCc2ccccc2C1(OC)C(CN1CCOCC1)c1ccccc1. The second-order valence-corrected chi connectivity index (χ2v) is 7.47. The van der Waals surface area contributed by atoms with Crippen molar-refractivity contribution >= 4 is 0 Å². The molecule has 2 aliphatic rings. The minimum atomic E-state index is -0.677. The van der Waals surface area contributed by atoms with E-state index in [4.69, 9.17) is 14.3 Å². The zero-order chi connectivity index (χ0) is 19.4. The minimum absolute atomic E-state index is 0.0956. The number of hydrogen-bond acceptors (Lipinski definition) is 5. The van der Waals surface area contributed by atoms with Crippen molar-refractivity contribution < 1.29 is 14.3 Å². The summed E-state index contributed by atoms with van der Waals surface area (Å²) in [4.78, 5) is 8.39. The molecule has 4 rings (SSSR count). The summed E-state index contributed by atoms with van der Waals surface area (Å²) in [7, 11) is 3.56. The monoisotopic (exact) mass is 382 g/mol. The Morgan fingerprint density at radius 2 is 1.68 bits per heavy atom. The zero-order valence-corrected chi connectivity index (χ0v) is 16.8. The average Bonchev–Trinajstić information content (AvgIpc) is 2.78. The first-order valence-corrected chi connectivity index (χ1v) is 10.1. The molecule has 1 saturated heterocycles. The van der Waals surface area contributed by atoms with E-state index in [1.165, 1.54) is 16.7 Å². The van der Waals surface area contributed by atoms with Crippen molar-refractivity contribution in [1.29, 1.82) is 0 Å².